The quantitative estimate of drug-likeness (QED) is 0.251. The van der Waals surface area contributed by atoms with Gasteiger partial charge in [0, 0.05) is 18.3 Å². The predicted octanol–water partition coefficient (Wildman–Crippen LogP) is 6.01. The lowest BCUT2D eigenvalue weighted by Crippen LogP contribution is -2.28. The molecule has 2 heterocycles. The second-order valence-electron chi connectivity index (χ2n) is 7.67. The van der Waals surface area contributed by atoms with E-state index in [0.29, 0.717) is 34.1 Å². The van der Waals surface area contributed by atoms with Crippen LogP contribution in [0.2, 0.25) is 0 Å². The van der Waals surface area contributed by atoms with E-state index in [2.05, 4.69) is 6.58 Å². The molecule has 176 valence electrons. The number of carboxylic acid groups (broad SMARTS) is 1. The molecule has 4 aromatic rings. The van der Waals surface area contributed by atoms with E-state index in [9.17, 15) is 9.59 Å². The molecule has 35 heavy (non-hydrogen) atoms. The third-order valence-electron chi connectivity index (χ3n) is 5.52. The van der Waals surface area contributed by atoms with Crippen LogP contribution in [0, 0.1) is 0 Å². The highest BCUT2D eigenvalue weighted by Gasteiger charge is 2.22. The third-order valence-corrected chi connectivity index (χ3v) is 5.52. The molecule has 0 saturated carbocycles. The normalized spacial score (nSPS) is 11.2. The van der Waals surface area contributed by atoms with Crippen LogP contribution in [-0.4, -0.2) is 31.1 Å². The number of carbonyl (C=O) groups is 2. The molecular formula is C28H23NO6. The van der Waals surface area contributed by atoms with Gasteiger partial charge >= 0.3 is 5.97 Å². The van der Waals surface area contributed by atoms with Gasteiger partial charge < -0.3 is 23.6 Å². The van der Waals surface area contributed by atoms with Crippen molar-refractivity contribution in [1.82, 2.24) is 0 Å². The van der Waals surface area contributed by atoms with Crippen molar-refractivity contribution in [3.05, 3.63) is 108 Å². The molecule has 0 bridgehead atoms. The molecule has 0 aliphatic rings. The van der Waals surface area contributed by atoms with Gasteiger partial charge in [-0.1, -0.05) is 18.7 Å². The van der Waals surface area contributed by atoms with Gasteiger partial charge in [0.05, 0.1) is 36.3 Å². The van der Waals surface area contributed by atoms with E-state index in [0.717, 1.165) is 5.56 Å². The number of benzene rings is 2. The van der Waals surface area contributed by atoms with Gasteiger partial charge in [-0.05, 0) is 66.2 Å². The van der Waals surface area contributed by atoms with Crippen molar-refractivity contribution in [3.63, 3.8) is 0 Å². The monoisotopic (exact) mass is 469 g/mol. The number of para-hydroxylation sites is 1. The Morgan fingerprint density at radius 2 is 1.74 bits per heavy atom. The van der Waals surface area contributed by atoms with Gasteiger partial charge in [-0.3, -0.25) is 4.79 Å². The fourth-order valence-corrected chi connectivity index (χ4v) is 3.56. The summed E-state index contributed by atoms with van der Waals surface area (Å²) in [6, 6.07) is 18.8. The molecule has 0 spiro atoms. The summed E-state index contributed by atoms with van der Waals surface area (Å²) in [5.74, 6) is 0.319. The Morgan fingerprint density at radius 1 is 1.00 bits per heavy atom. The van der Waals surface area contributed by atoms with E-state index in [1.807, 2.05) is 24.3 Å². The van der Waals surface area contributed by atoms with Crippen LogP contribution >= 0.6 is 0 Å². The molecule has 0 radical (unpaired) electrons. The van der Waals surface area contributed by atoms with Crippen molar-refractivity contribution in [1.29, 1.82) is 0 Å². The van der Waals surface area contributed by atoms with E-state index >= 15 is 0 Å². The Hall–Kier alpha value is -4.78. The van der Waals surface area contributed by atoms with Gasteiger partial charge in [0.2, 0.25) is 0 Å². The summed E-state index contributed by atoms with van der Waals surface area (Å²) in [6.07, 6.45) is 4.63. The SMILES string of the molecule is C=C(/C(=C/c1ccc(-c2ccccc2OC)o1)C(=O)N(C)c1ccc(C(=O)O)cc1)c1ccoc1. The smallest absolute Gasteiger partial charge is 0.335 e. The van der Waals surface area contributed by atoms with Crippen molar-refractivity contribution in [2.75, 3.05) is 19.1 Å². The lowest BCUT2D eigenvalue weighted by molar-refractivity contribution is -0.114. The van der Waals surface area contributed by atoms with Crippen LogP contribution in [0.1, 0.15) is 21.7 Å². The zero-order valence-electron chi connectivity index (χ0n) is 19.2. The molecule has 0 atom stereocenters. The Kier molecular flexibility index (Phi) is 6.69. The summed E-state index contributed by atoms with van der Waals surface area (Å²) in [6.45, 7) is 4.11. The summed E-state index contributed by atoms with van der Waals surface area (Å²) < 4.78 is 16.6. The first kappa shape index (κ1) is 23.4. The minimum Gasteiger partial charge on any atom is -0.496 e. The molecular weight excluding hydrogens is 446 g/mol. The van der Waals surface area contributed by atoms with Crippen LogP contribution in [0.4, 0.5) is 5.69 Å². The lowest BCUT2D eigenvalue weighted by atomic mass is 9.99. The Morgan fingerprint density at radius 3 is 2.40 bits per heavy atom. The molecule has 0 saturated heterocycles. The predicted molar refractivity (Wildman–Crippen MR) is 133 cm³/mol. The van der Waals surface area contributed by atoms with Gasteiger partial charge in [-0.25, -0.2) is 4.79 Å². The number of ether oxygens (including phenoxy) is 1. The highest BCUT2D eigenvalue weighted by molar-refractivity contribution is 6.18. The second-order valence-corrected chi connectivity index (χ2v) is 7.67. The topological polar surface area (TPSA) is 93.1 Å². The highest BCUT2D eigenvalue weighted by Crippen LogP contribution is 2.33. The van der Waals surface area contributed by atoms with E-state index in [1.54, 1.807) is 50.6 Å². The molecule has 1 N–H and O–H groups in total. The first-order chi connectivity index (χ1) is 16.9. The molecule has 0 aliphatic heterocycles. The number of nitrogens with zero attached hydrogens (tertiary/aromatic N) is 1. The van der Waals surface area contributed by atoms with Crippen molar-refractivity contribution in [2.45, 2.75) is 0 Å². The Labute approximate surface area is 202 Å². The number of rotatable bonds is 8. The van der Waals surface area contributed by atoms with Crippen molar-refractivity contribution < 1.29 is 28.3 Å². The van der Waals surface area contributed by atoms with Gasteiger partial charge in [0.25, 0.3) is 5.91 Å². The molecule has 2 aromatic carbocycles. The number of furan rings is 2. The van der Waals surface area contributed by atoms with Crippen molar-refractivity contribution >= 4 is 29.2 Å². The van der Waals surface area contributed by atoms with Crippen molar-refractivity contribution in [2.24, 2.45) is 0 Å². The number of carboxylic acids is 1. The highest BCUT2D eigenvalue weighted by atomic mass is 16.5. The number of hydrogen-bond acceptors (Lipinski definition) is 5. The average molecular weight is 469 g/mol. The molecule has 1 amide bonds. The minimum absolute atomic E-state index is 0.132. The number of hydrogen-bond donors (Lipinski definition) is 1. The fourth-order valence-electron chi connectivity index (χ4n) is 3.56. The number of aromatic carboxylic acids is 1. The summed E-state index contributed by atoms with van der Waals surface area (Å²) in [4.78, 5) is 26.2. The molecule has 0 unspecified atom stereocenters. The standard InChI is InChI=1S/C28H23NO6/c1-18(20-14-15-34-17-20)24(27(30)29(2)21-10-8-19(9-11-21)28(31)32)16-22-12-13-26(35-22)23-6-4-5-7-25(23)33-3/h4-17H,1H2,2-3H3,(H,31,32)/b24-16-. The zero-order valence-corrected chi connectivity index (χ0v) is 19.2. The van der Waals surface area contributed by atoms with E-state index in [1.165, 1.54) is 29.6 Å². The van der Waals surface area contributed by atoms with Gasteiger partial charge in [-0.2, -0.15) is 0 Å². The van der Waals surface area contributed by atoms with E-state index < -0.39 is 5.97 Å². The Balaban J connectivity index is 1.71. The second kappa shape index (κ2) is 10.0. The van der Waals surface area contributed by atoms with Crippen LogP contribution in [-0.2, 0) is 4.79 Å². The summed E-state index contributed by atoms with van der Waals surface area (Å²) in [5.41, 5.74) is 2.83. The minimum atomic E-state index is -1.04. The summed E-state index contributed by atoms with van der Waals surface area (Å²) >= 11 is 0. The van der Waals surface area contributed by atoms with Crippen LogP contribution in [0.25, 0.3) is 23.0 Å². The third kappa shape index (κ3) is 4.94. The summed E-state index contributed by atoms with van der Waals surface area (Å²) in [7, 11) is 3.20. The molecule has 7 nitrogen and oxygen atoms in total. The van der Waals surface area contributed by atoms with Gasteiger partial charge in [0.1, 0.15) is 17.3 Å². The number of carbonyl (C=O) groups excluding carboxylic acids is 1. The van der Waals surface area contributed by atoms with Gasteiger partial charge in [-0.15, -0.1) is 0 Å². The van der Waals surface area contributed by atoms with Crippen LogP contribution in [0.5, 0.6) is 5.75 Å². The van der Waals surface area contributed by atoms with Crippen LogP contribution in [0.3, 0.4) is 0 Å². The maximum absolute atomic E-state index is 13.6. The number of likely N-dealkylation sites (N-methyl/N-ethyl adjacent to an activating group) is 1. The molecule has 4 rings (SSSR count). The van der Waals surface area contributed by atoms with Crippen LogP contribution in [0.15, 0.2) is 100 Å². The largest absolute Gasteiger partial charge is 0.496 e. The van der Waals surface area contributed by atoms with E-state index in [4.69, 9.17) is 18.7 Å². The van der Waals surface area contributed by atoms with E-state index in [-0.39, 0.29) is 17.0 Å². The zero-order chi connectivity index (χ0) is 24.9. The average Bonchev–Trinajstić information content (AvgIpc) is 3.59. The maximum Gasteiger partial charge on any atom is 0.335 e. The first-order valence-corrected chi connectivity index (χ1v) is 10.7. The lowest BCUT2D eigenvalue weighted by Gasteiger charge is -2.20. The van der Waals surface area contributed by atoms with Crippen molar-refractivity contribution in [3.8, 4) is 17.1 Å². The first-order valence-electron chi connectivity index (χ1n) is 10.7. The maximum atomic E-state index is 13.6. The van der Waals surface area contributed by atoms with Crippen LogP contribution < -0.4 is 9.64 Å². The fraction of sp³-hybridized carbons (Fsp3) is 0.0714. The molecule has 0 aliphatic carbocycles. The number of amides is 1. The number of methoxy groups -OCH3 is 1. The van der Waals surface area contributed by atoms with Gasteiger partial charge in [0.15, 0.2) is 0 Å². The molecule has 2 aromatic heterocycles. The summed E-state index contributed by atoms with van der Waals surface area (Å²) in [5, 5.41) is 9.14. The molecule has 7 heteroatoms. The Bertz CT molecular complexity index is 1390. The number of anilines is 1. The molecule has 0 fully saturated rings.